The Morgan fingerprint density at radius 1 is 1.20 bits per heavy atom. The Balaban J connectivity index is 1.95. The summed E-state index contributed by atoms with van der Waals surface area (Å²) < 4.78 is 13.0. The average Bonchev–Trinajstić information content (AvgIpc) is 2.43. The first-order valence-corrected chi connectivity index (χ1v) is 7.78. The minimum atomic E-state index is -0.170. The lowest BCUT2D eigenvalue weighted by Crippen LogP contribution is -2.38. The number of nitrogens with zero attached hydrogens (tertiary/aromatic N) is 1. The summed E-state index contributed by atoms with van der Waals surface area (Å²) in [5.41, 5.74) is 7.17. The van der Waals surface area contributed by atoms with Crippen molar-refractivity contribution >= 4 is 0 Å². The molecule has 1 aromatic rings. The van der Waals surface area contributed by atoms with Crippen LogP contribution in [0, 0.1) is 17.7 Å². The monoisotopic (exact) mass is 278 g/mol. The molecule has 0 amide bonds. The summed E-state index contributed by atoms with van der Waals surface area (Å²) in [5.74, 6) is 1.57. The number of halogens is 1. The molecule has 1 saturated heterocycles. The van der Waals surface area contributed by atoms with Crippen LogP contribution in [-0.2, 0) is 0 Å². The van der Waals surface area contributed by atoms with Crippen molar-refractivity contribution in [2.45, 2.75) is 32.6 Å². The molecule has 0 radical (unpaired) electrons. The van der Waals surface area contributed by atoms with Crippen LogP contribution in [0.1, 0.15) is 38.2 Å². The van der Waals surface area contributed by atoms with Crippen molar-refractivity contribution in [3.8, 4) is 0 Å². The van der Waals surface area contributed by atoms with Gasteiger partial charge in [-0.15, -0.1) is 0 Å². The molecule has 3 heteroatoms. The van der Waals surface area contributed by atoms with E-state index < -0.39 is 0 Å². The van der Waals surface area contributed by atoms with Gasteiger partial charge in [-0.05, 0) is 67.9 Å². The lowest BCUT2D eigenvalue weighted by molar-refractivity contribution is 0.155. The summed E-state index contributed by atoms with van der Waals surface area (Å²) in [6, 6.07) is 6.89. The second-order valence-corrected chi connectivity index (χ2v) is 6.43. The Morgan fingerprint density at radius 2 is 1.80 bits per heavy atom. The van der Waals surface area contributed by atoms with Gasteiger partial charge in [0.05, 0.1) is 0 Å². The fraction of sp³-hybridized carbons (Fsp3) is 0.647. The summed E-state index contributed by atoms with van der Waals surface area (Å²) in [7, 11) is 0. The van der Waals surface area contributed by atoms with Crippen LogP contribution in [0.5, 0.6) is 0 Å². The molecule has 0 bridgehead atoms. The Hall–Kier alpha value is -0.930. The van der Waals surface area contributed by atoms with E-state index in [-0.39, 0.29) is 5.82 Å². The van der Waals surface area contributed by atoms with Crippen LogP contribution < -0.4 is 5.73 Å². The number of likely N-dealkylation sites (tertiary alicyclic amines) is 1. The third-order valence-corrected chi connectivity index (χ3v) is 4.38. The van der Waals surface area contributed by atoms with Crippen molar-refractivity contribution in [1.82, 2.24) is 4.90 Å². The molecule has 1 fully saturated rings. The van der Waals surface area contributed by atoms with E-state index in [0.29, 0.717) is 18.4 Å². The Kier molecular flexibility index (Phi) is 5.55. The third-order valence-electron chi connectivity index (χ3n) is 4.38. The summed E-state index contributed by atoms with van der Waals surface area (Å²) in [4.78, 5) is 2.55. The predicted molar refractivity (Wildman–Crippen MR) is 82.2 cm³/mol. The van der Waals surface area contributed by atoms with Gasteiger partial charge in [0, 0.05) is 6.54 Å². The largest absolute Gasteiger partial charge is 0.330 e. The first-order valence-electron chi connectivity index (χ1n) is 7.78. The number of hydrogen-bond donors (Lipinski definition) is 1. The Bertz CT molecular complexity index is 394. The van der Waals surface area contributed by atoms with Crippen LogP contribution in [0.15, 0.2) is 24.3 Å². The number of hydrogen-bond acceptors (Lipinski definition) is 2. The molecule has 1 aliphatic rings. The quantitative estimate of drug-likeness (QED) is 0.896. The van der Waals surface area contributed by atoms with Gasteiger partial charge in [-0.2, -0.15) is 0 Å². The maximum Gasteiger partial charge on any atom is 0.123 e. The van der Waals surface area contributed by atoms with E-state index in [4.69, 9.17) is 5.73 Å². The van der Waals surface area contributed by atoms with Crippen molar-refractivity contribution in [2.24, 2.45) is 17.6 Å². The van der Waals surface area contributed by atoms with E-state index in [9.17, 15) is 4.39 Å². The van der Waals surface area contributed by atoms with Crippen molar-refractivity contribution in [3.63, 3.8) is 0 Å². The van der Waals surface area contributed by atoms with Crippen molar-refractivity contribution < 1.29 is 4.39 Å². The number of nitrogens with two attached hydrogens (primary N) is 1. The zero-order chi connectivity index (χ0) is 14.5. The van der Waals surface area contributed by atoms with E-state index in [1.807, 2.05) is 12.1 Å². The van der Waals surface area contributed by atoms with Gasteiger partial charge in [-0.25, -0.2) is 4.39 Å². The highest BCUT2D eigenvalue weighted by molar-refractivity contribution is 5.21. The third kappa shape index (κ3) is 4.03. The molecule has 1 aliphatic heterocycles. The summed E-state index contributed by atoms with van der Waals surface area (Å²) in [6.07, 6.45) is 2.40. The van der Waals surface area contributed by atoms with Crippen LogP contribution in [0.2, 0.25) is 0 Å². The maximum absolute atomic E-state index is 13.0. The maximum atomic E-state index is 13.0. The lowest BCUT2D eigenvalue weighted by Gasteiger charge is -2.36. The molecule has 2 rings (SSSR count). The van der Waals surface area contributed by atoms with Gasteiger partial charge < -0.3 is 10.6 Å². The first-order chi connectivity index (χ1) is 9.60. The number of benzene rings is 1. The number of piperidine rings is 1. The molecular formula is C17H27FN2. The van der Waals surface area contributed by atoms with Gasteiger partial charge in [0.25, 0.3) is 0 Å². The second kappa shape index (κ2) is 7.19. The van der Waals surface area contributed by atoms with Crippen LogP contribution >= 0.6 is 0 Å². The number of rotatable bonds is 5. The fourth-order valence-electron chi connectivity index (χ4n) is 3.36. The fourth-order valence-corrected chi connectivity index (χ4v) is 3.36. The summed E-state index contributed by atoms with van der Waals surface area (Å²) in [5, 5.41) is 0. The van der Waals surface area contributed by atoms with E-state index in [1.54, 1.807) is 12.1 Å². The van der Waals surface area contributed by atoms with Gasteiger partial charge in [0.1, 0.15) is 5.82 Å². The topological polar surface area (TPSA) is 29.3 Å². The van der Waals surface area contributed by atoms with Crippen LogP contribution in [0.3, 0.4) is 0 Å². The molecule has 0 aliphatic carbocycles. The Morgan fingerprint density at radius 3 is 2.30 bits per heavy atom. The molecule has 1 heterocycles. The highest BCUT2D eigenvalue weighted by Crippen LogP contribution is 2.32. The average molecular weight is 278 g/mol. The normalized spacial score (nSPS) is 19.4. The zero-order valence-corrected chi connectivity index (χ0v) is 12.7. The van der Waals surface area contributed by atoms with E-state index >= 15 is 0 Å². The molecular weight excluding hydrogens is 251 g/mol. The van der Waals surface area contributed by atoms with Gasteiger partial charge in [-0.3, -0.25) is 0 Å². The van der Waals surface area contributed by atoms with E-state index in [1.165, 1.54) is 38.0 Å². The molecule has 1 aromatic carbocycles. The molecule has 0 spiro atoms. The molecule has 2 N–H and O–H groups in total. The zero-order valence-electron chi connectivity index (χ0n) is 12.7. The smallest absolute Gasteiger partial charge is 0.123 e. The van der Waals surface area contributed by atoms with Gasteiger partial charge in [0.15, 0.2) is 0 Å². The highest BCUT2D eigenvalue weighted by Gasteiger charge is 2.26. The van der Waals surface area contributed by atoms with Crippen molar-refractivity contribution in [3.05, 3.63) is 35.6 Å². The summed E-state index contributed by atoms with van der Waals surface area (Å²) >= 11 is 0. The van der Waals surface area contributed by atoms with Crippen LogP contribution in [-0.4, -0.2) is 31.1 Å². The van der Waals surface area contributed by atoms with Crippen molar-refractivity contribution in [2.75, 3.05) is 26.2 Å². The van der Waals surface area contributed by atoms with E-state index in [0.717, 1.165) is 5.92 Å². The molecule has 0 aromatic heterocycles. The lowest BCUT2D eigenvalue weighted by atomic mass is 9.80. The first kappa shape index (κ1) is 15.5. The molecule has 20 heavy (non-hydrogen) atoms. The van der Waals surface area contributed by atoms with Gasteiger partial charge >= 0.3 is 0 Å². The molecule has 1 atom stereocenters. The molecule has 1 unspecified atom stereocenters. The minimum absolute atomic E-state index is 0.170. The van der Waals surface area contributed by atoms with Gasteiger partial charge in [0.2, 0.25) is 0 Å². The van der Waals surface area contributed by atoms with E-state index in [2.05, 4.69) is 18.7 Å². The summed E-state index contributed by atoms with van der Waals surface area (Å²) in [6.45, 7) is 8.72. The molecule has 2 nitrogen and oxygen atoms in total. The highest BCUT2D eigenvalue weighted by atomic mass is 19.1. The molecule has 112 valence electrons. The predicted octanol–water partition coefficient (Wildman–Crippen LogP) is 3.24. The second-order valence-electron chi connectivity index (χ2n) is 6.43. The van der Waals surface area contributed by atoms with Crippen LogP contribution in [0.25, 0.3) is 0 Å². The van der Waals surface area contributed by atoms with Gasteiger partial charge in [-0.1, -0.05) is 26.0 Å². The molecule has 0 saturated carbocycles. The SMILES string of the molecule is CC(C)CN1CCC(C(CN)c2ccc(F)cc2)CC1. The van der Waals surface area contributed by atoms with Crippen LogP contribution in [0.4, 0.5) is 4.39 Å². The minimum Gasteiger partial charge on any atom is -0.330 e. The Labute approximate surface area is 122 Å². The standard InChI is InChI=1S/C17H27FN2/c1-13(2)12-20-9-7-15(8-10-20)17(11-19)14-3-5-16(18)6-4-14/h3-6,13,15,17H,7-12,19H2,1-2H3. The van der Waals surface area contributed by atoms with Crippen molar-refractivity contribution in [1.29, 1.82) is 0 Å².